The molecule has 2 aromatic heterocycles. The van der Waals surface area contributed by atoms with E-state index in [1.54, 1.807) is 30.6 Å². The predicted molar refractivity (Wildman–Crippen MR) is 62.3 cm³/mol. The summed E-state index contributed by atoms with van der Waals surface area (Å²) in [7, 11) is 0. The molecule has 0 radical (unpaired) electrons. The van der Waals surface area contributed by atoms with Crippen LogP contribution in [0.4, 0.5) is 0 Å². The van der Waals surface area contributed by atoms with E-state index in [9.17, 15) is 4.79 Å². The average Bonchev–Trinajstić information content (AvgIpc) is 2.86. The lowest BCUT2D eigenvalue weighted by Crippen LogP contribution is -2.23. The van der Waals surface area contributed by atoms with Crippen molar-refractivity contribution < 1.29 is 9.32 Å². The Kier molecular flexibility index (Phi) is 3.30. The number of nitrogens with zero attached hydrogens (tertiary/aromatic N) is 2. The third-order valence-electron chi connectivity index (χ3n) is 2.10. The van der Waals surface area contributed by atoms with Gasteiger partial charge in [0, 0.05) is 30.6 Å². The zero-order valence-corrected chi connectivity index (χ0v) is 9.09. The minimum Gasteiger partial charge on any atom is -0.355 e. The highest BCUT2D eigenvalue weighted by atomic mass is 16.5. The second-order valence-electron chi connectivity index (χ2n) is 3.32. The number of carbonyl (C=O) groups excluding carboxylic acids is 1. The van der Waals surface area contributed by atoms with Crippen molar-refractivity contribution in [1.29, 1.82) is 0 Å². The molecule has 0 saturated carbocycles. The summed E-state index contributed by atoms with van der Waals surface area (Å²) >= 11 is 0. The van der Waals surface area contributed by atoms with Gasteiger partial charge < -0.3 is 9.84 Å². The molecular formula is C12H11N3O2. The summed E-state index contributed by atoms with van der Waals surface area (Å²) in [6.07, 6.45) is 4.91. The lowest BCUT2D eigenvalue weighted by atomic mass is 10.2. The minimum atomic E-state index is -0.288. The Morgan fingerprint density at radius 2 is 2.47 bits per heavy atom. The number of nitrogens with one attached hydrogen (secondary N) is 1. The van der Waals surface area contributed by atoms with Gasteiger partial charge in [0.2, 0.25) is 0 Å². The van der Waals surface area contributed by atoms with Gasteiger partial charge in [-0.2, -0.15) is 0 Å². The third-order valence-corrected chi connectivity index (χ3v) is 2.10. The van der Waals surface area contributed by atoms with Gasteiger partial charge in [0.1, 0.15) is 0 Å². The van der Waals surface area contributed by atoms with E-state index in [-0.39, 0.29) is 11.6 Å². The molecule has 0 aliphatic heterocycles. The number of pyridine rings is 1. The third kappa shape index (κ3) is 2.57. The van der Waals surface area contributed by atoms with Crippen molar-refractivity contribution in [3.05, 3.63) is 48.9 Å². The van der Waals surface area contributed by atoms with Gasteiger partial charge in [-0.25, -0.2) is 0 Å². The number of hydrogen-bond donors (Lipinski definition) is 1. The van der Waals surface area contributed by atoms with Crippen molar-refractivity contribution in [1.82, 2.24) is 15.5 Å². The van der Waals surface area contributed by atoms with Gasteiger partial charge in [-0.1, -0.05) is 11.2 Å². The molecule has 5 heteroatoms. The van der Waals surface area contributed by atoms with Gasteiger partial charge in [0.15, 0.2) is 11.5 Å². The lowest BCUT2D eigenvalue weighted by Gasteiger charge is -1.95. The van der Waals surface area contributed by atoms with E-state index in [4.69, 9.17) is 4.52 Å². The van der Waals surface area contributed by atoms with Crippen molar-refractivity contribution >= 4 is 5.91 Å². The first kappa shape index (κ1) is 11.1. The van der Waals surface area contributed by atoms with Gasteiger partial charge in [-0.15, -0.1) is 6.58 Å². The highest BCUT2D eigenvalue weighted by molar-refractivity contribution is 5.93. The van der Waals surface area contributed by atoms with Crippen molar-refractivity contribution in [2.75, 3.05) is 6.54 Å². The fraction of sp³-hybridized carbons (Fsp3) is 0.0833. The maximum absolute atomic E-state index is 11.6. The topological polar surface area (TPSA) is 68.0 Å². The van der Waals surface area contributed by atoms with E-state index >= 15 is 0 Å². The van der Waals surface area contributed by atoms with Crippen molar-refractivity contribution in [3.8, 4) is 11.3 Å². The normalized spacial score (nSPS) is 9.88. The van der Waals surface area contributed by atoms with Gasteiger partial charge in [0.25, 0.3) is 5.91 Å². The van der Waals surface area contributed by atoms with Crippen molar-refractivity contribution in [3.63, 3.8) is 0 Å². The van der Waals surface area contributed by atoms with E-state index in [0.717, 1.165) is 5.56 Å². The molecule has 2 rings (SSSR count). The Hall–Kier alpha value is -2.43. The predicted octanol–water partition coefficient (Wildman–Crippen LogP) is 1.65. The highest BCUT2D eigenvalue weighted by Gasteiger charge is 2.12. The van der Waals surface area contributed by atoms with Crippen LogP contribution in [0.2, 0.25) is 0 Å². The highest BCUT2D eigenvalue weighted by Crippen LogP contribution is 2.18. The monoisotopic (exact) mass is 229 g/mol. The molecule has 17 heavy (non-hydrogen) atoms. The van der Waals surface area contributed by atoms with Crippen LogP contribution < -0.4 is 5.32 Å². The number of hydrogen-bond acceptors (Lipinski definition) is 4. The maximum atomic E-state index is 11.6. The molecule has 0 bridgehead atoms. The SMILES string of the molecule is C=CCNC(=O)c1cc(-c2cccnc2)on1. The van der Waals surface area contributed by atoms with Crippen LogP contribution in [-0.4, -0.2) is 22.6 Å². The Morgan fingerprint density at radius 3 is 3.18 bits per heavy atom. The summed E-state index contributed by atoms with van der Waals surface area (Å²) in [4.78, 5) is 15.5. The molecule has 1 amide bonds. The van der Waals surface area contributed by atoms with Crippen LogP contribution in [0.3, 0.4) is 0 Å². The fourth-order valence-corrected chi connectivity index (χ4v) is 1.28. The van der Waals surface area contributed by atoms with Crippen LogP contribution in [0.15, 0.2) is 47.8 Å². The van der Waals surface area contributed by atoms with E-state index in [2.05, 4.69) is 22.0 Å². The molecule has 86 valence electrons. The molecule has 0 atom stereocenters. The van der Waals surface area contributed by atoms with Gasteiger partial charge >= 0.3 is 0 Å². The fourth-order valence-electron chi connectivity index (χ4n) is 1.28. The standard InChI is InChI=1S/C12H11N3O2/c1-2-5-14-12(16)10-7-11(17-15-10)9-4-3-6-13-8-9/h2-4,6-8H,1,5H2,(H,14,16). The van der Waals surface area contributed by atoms with E-state index in [0.29, 0.717) is 12.3 Å². The molecule has 0 saturated heterocycles. The molecule has 0 unspecified atom stereocenters. The zero-order chi connectivity index (χ0) is 12.1. The second-order valence-corrected chi connectivity index (χ2v) is 3.32. The molecule has 0 aromatic carbocycles. The molecular weight excluding hydrogens is 218 g/mol. The number of aromatic nitrogens is 2. The first-order valence-electron chi connectivity index (χ1n) is 5.07. The van der Waals surface area contributed by atoms with Gasteiger partial charge in [-0.3, -0.25) is 9.78 Å². The lowest BCUT2D eigenvalue weighted by molar-refractivity contribution is 0.0949. The van der Waals surface area contributed by atoms with Crippen LogP contribution in [0.5, 0.6) is 0 Å². The van der Waals surface area contributed by atoms with Crippen LogP contribution in [-0.2, 0) is 0 Å². The van der Waals surface area contributed by atoms with Crippen LogP contribution in [0.25, 0.3) is 11.3 Å². The first-order chi connectivity index (χ1) is 8.31. The zero-order valence-electron chi connectivity index (χ0n) is 9.09. The molecule has 0 aliphatic carbocycles. The van der Waals surface area contributed by atoms with E-state index in [1.807, 2.05) is 6.07 Å². The summed E-state index contributed by atoms with van der Waals surface area (Å²) in [6.45, 7) is 3.91. The van der Waals surface area contributed by atoms with Gasteiger partial charge in [0.05, 0.1) is 0 Å². The van der Waals surface area contributed by atoms with Crippen LogP contribution in [0, 0.1) is 0 Å². The molecule has 0 spiro atoms. The van der Waals surface area contributed by atoms with Crippen molar-refractivity contribution in [2.45, 2.75) is 0 Å². The van der Waals surface area contributed by atoms with Crippen LogP contribution >= 0.6 is 0 Å². The number of amides is 1. The summed E-state index contributed by atoms with van der Waals surface area (Å²) < 4.78 is 5.08. The van der Waals surface area contributed by atoms with Crippen molar-refractivity contribution in [2.24, 2.45) is 0 Å². The molecule has 5 nitrogen and oxygen atoms in total. The largest absolute Gasteiger partial charge is 0.355 e. The quantitative estimate of drug-likeness (QED) is 0.809. The molecule has 0 aliphatic rings. The number of carbonyl (C=O) groups is 1. The Balaban J connectivity index is 2.16. The van der Waals surface area contributed by atoms with E-state index in [1.165, 1.54) is 0 Å². The molecule has 2 heterocycles. The molecule has 0 fully saturated rings. The Morgan fingerprint density at radius 1 is 1.59 bits per heavy atom. The summed E-state index contributed by atoms with van der Waals surface area (Å²) in [5.41, 5.74) is 1.02. The minimum absolute atomic E-state index is 0.241. The first-order valence-corrected chi connectivity index (χ1v) is 5.07. The van der Waals surface area contributed by atoms with Gasteiger partial charge in [-0.05, 0) is 12.1 Å². The Bertz CT molecular complexity index is 520. The second kappa shape index (κ2) is 5.07. The molecule has 1 N–H and O–H groups in total. The Labute approximate surface area is 98.2 Å². The average molecular weight is 229 g/mol. The summed E-state index contributed by atoms with van der Waals surface area (Å²) in [5, 5.41) is 6.31. The van der Waals surface area contributed by atoms with Crippen LogP contribution in [0.1, 0.15) is 10.5 Å². The molecule has 2 aromatic rings. The van der Waals surface area contributed by atoms with E-state index < -0.39 is 0 Å². The maximum Gasteiger partial charge on any atom is 0.273 e. The summed E-state index contributed by atoms with van der Waals surface area (Å²) in [6, 6.07) is 5.20. The summed E-state index contributed by atoms with van der Waals surface area (Å²) in [5.74, 6) is 0.227. The number of rotatable bonds is 4. The smallest absolute Gasteiger partial charge is 0.273 e.